The van der Waals surface area contributed by atoms with Crippen LogP contribution < -0.4 is 10.2 Å². The van der Waals surface area contributed by atoms with Crippen LogP contribution in [0.25, 0.3) is 0 Å². The third-order valence-electron chi connectivity index (χ3n) is 3.98. The Kier molecular flexibility index (Phi) is 5.88. The van der Waals surface area contributed by atoms with Gasteiger partial charge in [0.15, 0.2) is 0 Å². The predicted octanol–water partition coefficient (Wildman–Crippen LogP) is 3.96. The SMILES string of the molecule is CC(C)CNCc1cc(N2CC(C)CC(C)C2)ncc1Cl. The fraction of sp³-hybridized carbons (Fsp3) is 0.706. The molecule has 1 aliphatic rings. The van der Waals surface area contributed by atoms with Crippen molar-refractivity contribution in [3.63, 3.8) is 0 Å². The van der Waals surface area contributed by atoms with E-state index in [0.29, 0.717) is 5.92 Å². The summed E-state index contributed by atoms with van der Waals surface area (Å²) in [6, 6.07) is 2.15. The van der Waals surface area contributed by atoms with Crippen molar-refractivity contribution in [3.8, 4) is 0 Å². The number of halogens is 1. The van der Waals surface area contributed by atoms with Gasteiger partial charge in [-0.2, -0.15) is 0 Å². The molecule has 1 fully saturated rings. The number of nitrogens with one attached hydrogen (secondary N) is 1. The topological polar surface area (TPSA) is 28.2 Å². The van der Waals surface area contributed by atoms with Crippen LogP contribution in [0.5, 0.6) is 0 Å². The van der Waals surface area contributed by atoms with Crippen LogP contribution in [0.2, 0.25) is 5.02 Å². The summed E-state index contributed by atoms with van der Waals surface area (Å²) in [5, 5.41) is 4.22. The van der Waals surface area contributed by atoms with Gasteiger partial charge in [0.1, 0.15) is 5.82 Å². The molecule has 0 saturated carbocycles. The maximum Gasteiger partial charge on any atom is 0.128 e. The van der Waals surface area contributed by atoms with Gasteiger partial charge in [-0.3, -0.25) is 0 Å². The summed E-state index contributed by atoms with van der Waals surface area (Å²) in [7, 11) is 0. The number of pyridine rings is 1. The molecule has 0 amide bonds. The number of hydrogen-bond donors (Lipinski definition) is 1. The number of anilines is 1. The molecule has 118 valence electrons. The van der Waals surface area contributed by atoms with Gasteiger partial charge in [-0.15, -0.1) is 0 Å². The van der Waals surface area contributed by atoms with Crippen LogP contribution in [0.3, 0.4) is 0 Å². The van der Waals surface area contributed by atoms with E-state index >= 15 is 0 Å². The molecule has 3 nitrogen and oxygen atoms in total. The molecular formula is C17H28ClN3. The molecule has 0 aromatic carbocycles. The lowest BCUT2D eigenvalue weighted by atomic mass is 9.92. The molecule has 2 unspecified atom stereocenters. The molecule has 2 heterocycles. The minimum absolute atomic E-state index is 0.647. The summed E-state index contributed by atoms with van der Waals surface area (Å²) in [6.45, 7) is 13.1. The van der Waals surface area contributed by atoms with Crippen LogP contribution in [-0.2, 0) is 6.54 Å². The third kappa shape index (κ3) is 4.86. The van der Waals surface area contributed by atoms with Crippen LogP contribution >= 0.6 is 11.6 Å². The number of hydrogen-bond acceptors (Lipinski definition) is 3. The lowest BCUT2D eigenvalue weighted by molar-refractivity contribution is 0.355. The smallest absolute Gasteiger partial charge is 0.128 e. The minimum Gasteiger partial charge on any atom is -0.356 e. The van der Waals surface area contributed by atoms with Crippen molar-refractivity contribution in [1.82, 2.24) is 10.3 Å². The zero-order chi connectivity index (χ0) is 15.4. The van der Waals surface area contributed by atoms with E-state index in [1.54, 1.807) is 6.20 Å². The monoisotopic (exact) mass is 309 g/mol. The van der Waals surface area contributed by atoms with Gasteiger partial charge < -0.3 is 10.2 Å². The second-order valence-corrected chi connectivity index (χ2v) is 7.42. The Morgan fingerprint density at radius 2 is 2.00 bits per heavy atom. The molecule has 2 atom stereocenters. The van der Waals surface area contributed by atoms with E-state index in [2.05, 4.69) is 49.0 Å². The lowest BCUT2D eigenvalue weighted by Crippen LogP contribution is -2.39. The molecule has 0 radical (unpaired) electrons. The Morgan fingerprint density at radius 3 is 2.62 bits per heavy atom. The molecule has 1 saturated heterocycles. The molecule has 0 bridgehead atoms. The fourth-order valence-electron chi connectivity index (χ4n) is 3.12. The van der Waals surface area contributed by atoms with Gasteiger partial charge in [0.25, 0.3) is 0 Å². The van der Waals surface area contributed by atoms with Crippen LogP contribution in [0, 0.1) is 17.8 Å². The molecule has 1 aromatic rings. The van der Waals surface area contributed by atoms with Crippen LogP contribution in [0.15, 0.2) is 12.3 Å². The molecule has 0 aliphatic carbocycles. The zero-order valence-corrected chi connectivity index (χ0v) is 14.5. The summed E-state index contributed by atoms with van der Waals surface area (Å²) in [4.78, 5) is 6.94. The Labute approximate surface area is 134 Å². The summed E-state index contributed by atoms with van der Waals surface area (Å²) in [6.07, 6.45) is 3.11. The average Bonchev–Trinajstić information content (AvgIpc) is 2.39. The van der Waals surface area contributed by atoms with Gasteiger partial charge in [0, 0.05) is 25.8 Å². The molecule has 1 N–H and O–H groups in total. The fourth-order valence-corrected chi connectivity index (χ4v) is 3.29. The standard InChI is InChI=1S/C17H28ClN3/c1-12(2)7-19-8-15-6-17(20-9-16(15)18)21-10-13(3)5-14(4)11-21/h6,9,12-14,19H,5,7-8,10-11H2,1-4H3. The Balaban J connectivity index is 2.06. The highest BCUT2D eigenvalue weighted by Crippen LogP contribution is 2.27. The second kappa shape index (κ2) is 7.46. The van der Waals surface area contributed by atoms with Gasteiger partial charge in [-0.25, -0.2) is 4.98 Å². The van der Waals surface area contributed by atoms with Crippen molar-refractivity contribution in [3.05, 3.63) is 22.8 Å². The third-order valence-corrected chi connectivity index (χ3v) is 4.32. The zero-order valence-electron chi connectivity index (χ0n) is 13.7. The first-order valence-corrected chi connectivity index (χ1v) is 8.43. The summed E-state index contributed by atoms with van der Waals surface area (Å²) < 4.78 is 0. The molecule has 1 aliphatic heterocycles. The van der Waals surface area contributed by atoms with Crippen molar-refractivity contribution in [2.45, 2.75) is 40.7 Å². The first-order valence-electron chi connectivity index (χ1n) is 8.05. The van der Waals surface area contributed by atoms with E-state index in [0.717, 1.165) is 54.4 Å². The van der Waals surface area contributed by atoms with Crippen molar-refractivity contribution >= 4 is 17.4 Å². The van der Waals surface area contributed by atoms with Crippen molar-refractivity contribution in [1.29, 1.82) is 0 Å². The van der Waals surface area contributed by atoms with Gasteiger partial charge in [0.05, 0.1) is 5.02 Å². The molecular weight excluding hydrogens is 282 g/mol. The van der Waals surface area contributed by atoms with E-state index in [-0.39, 0.29) is 0 Å². The van der Waals surface area contributed by atoms with Crippen molar-refractivity contribution in [2.24, 2.45) is 17.8 Å². The summed E-state index contributed by atoms with van der Waals surface area (Å²) in [5.74, 6) is 3.18. The van der Waals surface area contributed by atoms with E-state index in [1.165, 1.54) is 6.42 Å². The predicted molar refractivity (Wildman–Crippen MR) is 90.9 cm³/mol. The maximum atomic E-state index is 6.29. The minimum atomic E-state index is 0.647. The van der Waals surface area contributed by atoms with Gasteiger partial charge in [0.2, 0.25) is 0 Å². The molecule has 21 heavy (non-hydrogen) atoms. The molecule has 2 rings (SSSR count). The number of piperidine rings is 1. The Bertz CT molecular complexity index is 451. The van der Waals surface area contributed by atoms with E-state index < -0.39 is 0 Å². The highest BCUT2D eigenvalue weighted by molar-refractivity contribution is 6.31. The van der Waals surface area contributed by atoms with Crippen molar-refractivity contribution in [2.75, 3.05) is 24.5 Å². The first-order chi connectivity index (χ1) is 9.95. The normalized spacial score (nSPS) is 22.9. The van der Waals surface area contributed by atoms with Gasteiger partial charge in [-0.05, 0) is 42.3 Å². The number of aromatic nitrogens is 1. The highest BCUT2D eigenvalue weighted by Gasteiger charge is 2.23. The second-order valence-electron chi connectivity index (χ2n) is 7.01. The maximum absolute atomic E-state index is 6.29. The Morgan fingerprint density at radius 1 is 1.33 bits per heavy atom. The van der Waals surface area contributed by atoms with Gasteiger partial charge in [-0.1, -0.05) is 39.3 Å². The van der Waals surface area contributed by atoms with Gasteiger partial charge >= 0.3 is 0 Å². The average molecular weight is 310 g/mol. The van der Waals surface area contributed by atoms with Crippen LogP contribution in [-0.4, -0.2) is 24.6 Å². The number of nitrogens with zero attached hydrogens (tertiary/aromatic N) is 2. The molecule has 0 spiro atoms. The van der Waals surface area contributed by atoms with Crippen LogP contribution in [0.1, 0.15) is 39.7 Å². The number of rotatable bonds is 5. The summed E-state index contributed by atoms with van der Waals surface area (Å²) >= 11 is 6.29. The highest BCUT2D eigenvalue weighted by atomic mass is 35.5. The van der Waals surface area contributed by atoms with E-state index in [1.807, 2.05) is 0 Å². The van der Waals surface area contributed by atoms with E-state index in [9.17, 15) is 0 Å². The largest absolute Gasteiger partial charge is 0.356 e. The first kappa shape index (κ1) is 16.6. The lowest BCUT2D eigenvalue weighted by Gasteiger charge is -2.36. The van der Waals surface area contributed by atoms with Crippen LogP contribution in [0.4, 0.5) is 5.82 Å². The summed E-state index contributed by atoms with van der Waals surface area (Å²) in [5.41, 5.74) is 1.15. The van der Waals surface area contributed by atoms with Crippen molar-refractivity contribution < 1.29 is 0 Å². The Hall–Kier alpha value is -0.800. The molecule has 4 heteroatoms. The quantitative estimate of drug-likeness (QED) is 0.892. The van der Waals surface area contributed by atoms with E-state index in [4.69, 9.17) is 11.6 Å². The molecule has 1 aromatic heterocycles.